The minimum Gasteiger partial charge on any atom is -0.447 e. The monoisotopic (exact) mass is 268 g/mol. The number of ether oxygens (including phenoxy) is 1. The topological polar surface area (TPSA) is 51.0 Å². The maximum Gasteiger partial charge on any atom is 0.452 e. The molecule has 0 radical (unpaired) electrons. The molecule has 0 spiro atoms. The highest BCUT2D eigenvalue weighted by Crippen LogP contribution is 2.29. The van der Waals surface area contributed by atoms with Crippen molar-refractivity contribution in [1.82, 2.24) is 0 Å². The molecule has 0 saturated heterocycles. The lowest BCUT2D eigenvalue weighted by molar-refractivity contribution is 0.155. The predicted octanol–water partition coefficient (Wildman–Crippen LogP) is 4.98. The van der Waals surface area contributed by atoms with Gasteiger partial charge >= 0.3 is 6.09 Å². The molecule has 2 aromatic carbocycles. The summed E-state index contributed by atoms with van der Waals surface area (Å²) in [4.78, 5) is 11.3. The summed E-state index contributed by atoms with van der Waals surface area (Å²) in [5.41, 5.74) is 2.61. The Morgan fingerprint density at radius 1 is 1.05 bits per heavy atom. The number of benzene rings is 2. The Hall–Kier alpha value is -2.49. The van der Waals surface area contributed by atoms with Gasteiger partial charge in [0, 0.05) is 5.56 Å². The van der Waals surface area contributed by atoms with Crippen LogP contribution in [-0.4, -0.2) is 12.7 Å². The molecule has 0 atom stereocenters. The van der Waals surface area contributed by atoms with Crippen molar-refractivity contribution in [3.05, 3.63) is 54.6 Å². The van der Waals surface area contributed by atoms with E-state index in [-0.39, 0.29) is 0 Å². The Bertz CT molecular complexity index is 594. The summed E-state index contributed by atoms with van der Waals surface area (Å²) in [6, 6.07) is 17.4. The molecule has 0 fully saturated rings. The number of carbonyl (C=O) groups excluding carboxylic acids is 1. The second-order valence-corrected chi connectivity index (χ2v) is 4.20. The largest absolute Gasteiger partial charge is 0.452 e. The van der Waals surface area contributed by atoms with Crippen LogP contribution in [0.15, 0.2) is 64.8 Å². The molecule has 0 unspecified atom stereocenters. The second-order valence-electron chi connectivity index (χ2n) is 4.20. The van der Waals surface area contributed by atoms with Crippen LogP contribution < -0.4 is 0 Å². The number of carbonyl (C=O) groups is 1. The van der Waals surface area contributed by atoms with E-state index in [2.05, 4.69) is 10.2 Å². The highest BCUT2D eigenvalue weighted by Gasteiger charge is 2.04. The van der Waals surface area contributed by atoms with E-state index in [0.717, 1.165) is 17.5 Å². The van der Waals surface area contributed by atoms with Gasteiger partial charge in [0.2, 0.25) is 0 Å². The number of rotatable bonds is 4. The molecule has 2 aromatic rings. The first-order valence-electron chi connectivity index (χ1n) is 6.54. The lowest BCUT2D eigenvalue weighted by atomic mass is 10.0. The first-order valence-corrected chi connectivity index (χ1v) is 6.54. The van der Waals surface area contributed by atoms with Gasteiger partial charge < -0.3 is 4.74 Å². The van der Waals surface area contributed by atoms with E-state index in [1.165, 1.54) is 0 Å². The highest BCUT2D eigenvalue weighted by molar-refractivity contribution is 5.76. The zero-order chi connectivity index (χ0) is 14.2. The molecule has 0 aliphatic carbocycles. The van der Waals surface area contributed by atoms with E-state index >= 15 is 0 Å². The van der Waals surface area contributed by atoms with Crippen molar-refractivity contribution >= 4 is 11.8 Å². The molecule has 0 aliphatic rings. The molecule has 0 bridgehead atoms. The van der Waals surface area contributed by atoms with Crippen molar-refractivity contribution < 1.29 is 9.53 Å². The molecule has 0 aliphatic heterocycles. The predicted molar refractivity (Wildman–Crippen MR) is 78.0 cm³/mol. The molecule has 2 rings (SSSR count). The minimum atomic E-state index is -0.658. The van der Waals surface area contributed by atoms with Crippen LogP contribution in [0, 0.1) is 0 Å². The van der Waals surface area contributed by atoms with Crippen molar-refractivity contribution in [3.8, 4) is 11.1 Å². The van der Waals surface area contributed by atoms with Gasteiger partial charge in [0.1, 0.15) is 0 Å². The minimum absolute atomic E-state index is 0.359. The Balaban J connectivity index is 2.21. The van der Waals surface area contributed by atoms with Crippen LogP contribution in [-0.2, 0) is 4.74 Å². The Kier molecular flexibility index (Phi) is 5.00. The molecule has 0 heterocycles. The third kappa shape index (κ3) is 3.75. The van der Waals surface area contributed by atoms with E-state index in [9.17, 15) is 4.79 Å². The standard InChI is InChI=1S/C16H16N2O2/c1-2-12-20-16(19)18-17-15-11-7-6-10-14(15)13-8-4-3-5-9-13/h3-11H,2,12H2,1H3. The summed E-state index contributed by atoms with van der Waals surface area (Å²) in [7, 11) is 0. The van der Waals surface area contributed by atoms with E-state index in [0.29, 0.717) is 12.3 Å². The molecule has 0 saturated carbocycles. The summed E-state index contributed by atoms with van der Waals surface area (Å²) in [5.74, 6) is 0. The van der Waals surface area contributed by atoms with E-state index in [1.807, 2.05) is 61.5 Å². The summed E-state index contributed by atoms with van der Waals surface area (Å²) in [5, 5.41) is 7.57. The lowest BCUT2D eigenvalue weighted by Crippen LogP contribution is -1.98. The average Bonchev–Trinajstić information content (AvgIpc) is 2.52. The van der Waals surface area contributed by atoms with Crippen molar-refractivity contribution in [1.29, 1.82) is 0 Å². The van der Waals surface area contributed by atoms with Crippen molar-refractivity contribution in [2.75, 3.05) is 6.61 Å². The number of nitrogens with zero attached hydrogens (tertiary/aromatic N) is 2. The van der Waals surface area contributed by atoms with Crippen LogP contribution in [0.1, 0.15) is 13.3 Å². The van der Waals surface area contributed by atoms with Gasteiger partial charge in [0.25, 0.3) is 0 Å². The van der Waals surface area contributed by atoms with Gasteiger partial charge in [-0.15, -0.1) is 5.11 Å². The average molecular weight is 268 g/mol. The third-order valence-electron chi connectivity index (χ3n) is 2.66. The second kappa shape index (κ2) is 7.19. The molecule has 102 valence electrons. The first-order chi connectivity index (χ1) is 9.81. The molecular formula is C16H16N2O2. The first kappa shape index (κ1) is 13.9. The third-order valence-corrected chi connectivity index (χ3v) is 2.66. The van der Waals surface area contributed by atoms with Gasteiger partial charge in [0.15, 0.2) is 0 Å². The molecule has 0 aromatic heterocycles. The van der Waals surface area contributed by atoms with Crippen molar-refractivity contribution in [3.63, 3.8) is 0 Å². The highest BCUT2D eigenvalue weighted by atomic mass is 16.5. The smallest absolute Gasteiger partial charge is 0.447 e. The number of hydrogen-bond acceptors (Lipinski definition) is 3. The fourth-order valence-corrected chi connectivity index (χ4v) is 1.74. The van der Waals surface area contributed by atoms with Gasteiger partial charge in [-0.1, -0.05) is 60.6 Å². The number of azo groups is 1. The Labute approximate surface area is 118 Å². The van der Waals surface area contributed by atoms with E-state index in [1.54, 1.807) is 0 Å². The molecule has 20 heavy (non-hydrogen) atoms. The fourth-order valence-electron chi connectivity index (χ4n) is 1.74. The van der Waals surface area contributed by atoms with Gasteiger partial charge in [-0.3, -0.25) is 0 Å². The lowest BCUT2D eigenvalue weighted by Gasteiger charge is -2.04. The van der Waals surface area contributed by atoms with Crippen LogP contribution in [0.4, 0.5) is 10.5 Å². The van der Waals surface area contributed by atoms with Crippen LogP contribution >= 0.6 is 0 Å². The van der Waals surface area contributed by atoms with Crippen LogP contribution in [0.3, 0.4) is 0 Å². The maximum absolute atomic E-state index is 11.3. The molecule has 0 N–H and O–H groups in total. The summed E-state index contributed by atoms with van der Waals surface area (Å²) < 4.78 is 4.86. The van der Waals surface area contributed by atoms with Crippen LogP contribution in [0.5, 0.6) is 0 Å². The van der Waals surface area contributed by atoms with E-state index < -0.39 is 6.09 Å². The van der Waals surface area contributed by atoms with Gasteiger partial charge in [0.05, 0.1) is 12.3 Å². The van der Waals surface area contributed by atoms with Crippen molar-refractivity contribution in [2.45, 2.75) is 13.3 Å². The van der Waals surface area contributed by atoms with Crippen molar-refractivity contribution in [2.24, 2.45) is 10.2 Å². The van der Waals surface area contributed by atoms with Crippen LogP contribution in [0.25, 0.3) is 11.1 Å². The van der Waals surface area contributed by atoms with Gasteiger partial charge in [-0.25, -0.2) is 4.79 Å². The Morgan fingerprint density at radius 2 is 1.75 bits per heavy atom. The molecule has 4 heteroatoms. The molecule has 4 nitrogen and oxygen atoms in total. The zero-order valence-corrected chi connectivity index (χ0v) is 11.3. The summed E-state index contributed by atoms with van der Waals surface area (Å²) >= 11 is 0. The number of amides is 1. The van der Waals surface area contributed by atoms with Gasteiger partial charge in [-0.05, 0) is 18.1 Å². The summed E-state index contributed by atoms with van der Waals surface area (Å²) in [6.45, 7) is 2.29. The SMILES string of the molecule is CCCOC(=O)N=Nc1ccccc1-c1ccccc1. The van der Waals surface area contributed by atoms with Gasteiger partial charge in [-0.2, -0.15) is 0 Å². The zero-order valence-electron chi connectivity index (χ0n) is 11.3. The van der Waals surface area contributed by atoms with E-state index in [4.69, 9.17) is 4.74 Å². The normalized spacial score (nSPS) is 10.7. The van der Waals surface area contributed by atoms with Crippen LogP contribution in [0.2, 0.25) is 0 Å². The maximum atomic E-state index is 11.3. The number of hydrogen-bond donors (Lipinski definition) is 0. The summed E-state index contributed by atoms with van der Waals surface area (Å²) in [6.07, 6.45) is 0.108. The Morgan fingerprint density at radius 3 is 2.50 bits per heavy atom. The fraction of sp³-hybridized carbons (Fsp3) is 0.188. The molecular weight excluding hydrogens is 252 g/mol. The molecule has 1 amide bonds. The quantitative estimate of drug-likeness (QED) is 0.734.